The second kappa shape index (κ2) is 5.83. The highest BCUT2D eigenvalue weighted by molar-refractivity contribution is 6.77. The van der Waals surface area contributed by atoms with Crippen LogP contribution in [0.25, 0.3) is 22.0 Å². The quantitative estimate of drug-likeness (QED) is 0.573. The van der Waals surface area contributed by atoms with Gasteiger partial charge in [0.2, 0.25) is 0 Å². The third kappa shape index (κ3) is 2.57. The Morgan fingerprint density at radius 1 is 1.00 bits per heavy atom. The molecule has 4 rings (SSSR count). The molecule has 1 unspecified atom stereocenters. The molecule has 0 saturated carbocycles. The predicted molar refractivity (Wildman–Crippen MR) is 115 cm³/mol. The molecule has 26 heavy (non-hydrogen) atoms. The molecule has 1 aromatic heterocycles. The minimum Gasteiger partial charge on any atom is -0.344 e. The van der Waals surface area contributed by atoms with Gasteiger partial charge in [-0.05, 0) is 44.9 Å². The van der Waals surface area contributed by atoms with Gasteiger partial charge in [-0.3, -0.25) is 0 Å². The lowest BCUT2D eigenvalue weighted by Gasteiger charge is -2.38. The number of hydrogen-bond acceptors (Lipinski definition) is 1. The molecule has 0 amide bonds. The first kappa shape index (κ1) is 17.6. The van der Waals surface area contributed by atoms with Crippen molar-refractivity contribution in [3.8, 4) is 11.1 Å². The highest BCUT2D eigenvalue weighted by atomic mass is 28.3. The molecule has 1 heterocycles. The SMILES string of the molecule is CCn1c2c(c3ccccc31)-c1ccccc1C2[Si](C)(C)NC(C)(C)C. The Hall–Kier alpha value is -1.84. The molecule has 3 heteroatoms. The maximum absolute atomic E-state index is 4.04. The molecule has 0 aliphatic heterocycles. The summed E-state index contributed by atoms with van der Waals surface area (Å²) < 4.78 is 2.56. The van der Waals surface area contributed by atoms with Gasteiger partial charge in [-0.1, -0.05) is 55.6 Å². The van der Waals surface area contributed by atoms with E-state index in [9.17, 15) is 0 Å². The number of fused-ring (bicyclic) bond motifs is 5. The molecule has 0 saturated heterocycles. The molecule has 0 bridgehead atoms. The average Bonchev–Trinajstić information content (AvgIpc) is 3.04. The predicted octanol–water partition coefficient (Wildman–Crippen LogP) is 5.91. The summed E-state index contributed by atoms with van der Waals surface area (Å²) in [6.07, 6.45) is 0. The standard InChI is InChI=1S/C23H30N2Si/c1-7-25-19-15-11-10-14-18(19)20-16-12-8-9-13-17(16)22(21(20)25)26(5,6)24-23(2,3)4/h8-15,22,24H,7H2,1-6H3. The summed E-state index contributed by atoms with van der Waals surface area (Å²) in [6, 6.07) is 18.0. The van der Waals surface area contributed by atoms with E-state index in [0.717, 1.165) is 6.54 Å². The Bertz CT molecular complexity index is 976. The van der Waals surface area contributed by atoms with E-state index in [4.69, 9.17) is 0 Å². The lowest BCUT2D eigenvalue weighted by atomic mass is 10.0. The lowest BCUT2D eigenvalue weighted by Crippen LogP contribution is -2.58. The van der Waals surface area contributed by atoms with E-state index in [1.807, 2.05) is 0 Å². The van der Waals surface area contributed by atoms with Crippen LogP contribution in [0.2, 0.25) is 13.1 Å². The fraction of sp³-hybridized carbons (Fsp3) is 0.391. The zero-order valence-corrected chi connectivity index (χ0v) is 17.9. The normalized spacial score (nSPS) is 16.8. The second-order valence-corrected chi connectivity index (χ2v) is 13.4. The van der Waals surface area contributed by atoms with E-state index >= 15 is 0 Å². The number of nitrogens with one attached hydrogen (secondary N) is 1. The maximum atomic E-state index is 4.04. The molecule has 0 spiro atoms. The first-order valence-electron chi connectivity index (χ1n) is 9.74. The molecular formula is C23H30N2Si. The van der Waals surface area contributed by atoms with Crippen molar-refractivity contribution in [1.82, 2.24) is 9.55 Å². The summed E-state index contributed by atoms with van der Waals surface area (Å²) in [5.41, 5.74) is 7.92. The third-order valence-electron chi connectivity index (χ3n) is 5.56. The lowest BCUT2D eigenvalue weighted by molar-refractivity contribution is 0.507. The number of aromatic nitrogens is 1. The average molecular weight is 363 g/mol. The molecule has 0 fully saturated rings. The van der Waals surface area contributed by atoms with E-state index in [0.29, 0.717) is 5.54 Å². The van der Waals surface area contributed by atoms with Crippen LogP contribution in [0.5, 0.6) is 0 Å². The van der Waals surface area contributed by atoms with Crippen LogP contribution in [0, 0.1) is 0 Å². The van der Waals surface area contributed by atoms with Gasteiger partial charge in [0.05, 0.1) is 0 Å². The number of hydrogen-bond donors (Lipinski definition) is 1. The molecule has 1 aliphatic rings. The van der Waals surface area contributed by atoms with Crippen molar-refractivity contribution in [2.24, 2.45) is 0 Å². The van der Waals surface area contributed by atoms with Crippen LogP contribution in [-0.2, 0) is 6.54 Å². The number of aryl methyl sites for hydroxylation is 1. The summed E-state index contributed by atoms with van der Waals surface area (Å²) >= 11 is 0. The fourth-order valence-electron chi connectivity index (χ4n) is 5.14. The summed E-state index contributed by atoms with van der Waals surface area (Å²) in [5.74, 6) is 0. The molecular weight excluding hydrogens is 332 g/mol. The van der Waals surface area contributed by atoms with Crippen LogP contribution in [0.15, 0.2) is 48.5 Å². The summed E-state index contributed by atoms with van der Waals surface area (Å²) in [6.45, 7) is 15.1. The van der Waals surface area contributed by atoms with Crippen LogP contribution in [0.4, 0.5) is 0 Å². The van der Waals surface area contributed by atoms with Gasteiger partial charge in [-0.25, -0.2) is 0 Å². The van der Waals surface area contributed by atoms with Gasteiger partial charge in [0.1, 0.15) is 8.24 Å². The van der Waals surface area contributed by atoms with Crippen molar-refractivity contribution in [2.45, 2.75) is 58.4 Å². The van der Waals surface area contributed by atoms with Crippen LogP contribution in [0.1, 0.15) is 44.5 Å². The molecule has 0 radical (unpaired) electrons. The van der Waals surface area contributed by atoms with Crippen molar-refractivity contribution in [3.63, 3.8) is 0 Å². The molecule has 1 atom stereocenters. The van der Waals surface area contributed by atoms with Crippen molar-refractivity contribution in [1.29, 1.82) is 0 Å². The topological polar surface area (TPSA) is 17.0 Å². The number of para-hydroxylation sites is 1. The van der Waals surface area contributed by atoms with Crippen LogP contribution in [0.3, 0.4) is 0 Å². The van der Waals surface area contributed by atoms with Gasteiger partial charge >= 0.3 is 0 Å². The Balaban J connectivity index is 2.04. The fourth-order valence-corrected chi connectivity index (χ4v) is 9.23. The Morgan fingerprint density at radius 3 is 2.35 bits per heavy atom. The number of rotatable bonds is 3. The van der Waals surface area contributed by atoms with Crippen LogP contribution < -0.4 is 4.98 Å². The van der Waals surface area contributed by atoms with Crippen LogP contribution in [-0.4, -0.2) is 18.3 Å². The zero-order chi connectivity index (χ0) is 18.7. The molecule has 2 nitrogen and oxygen atoms in total. The van der Waals surface area contributed by atoms with Crippen molar-refractivity contribution < 1.29 is 0 Å². The smallest absolute Gasteiger partial charge is 0.133 e. The molecule has 2 aromatic carbocycles. The monoisotopic (exact) mass is 362 g/mol. The summed E-state index contributed by atoms with van der Waals surface area (Å²) in [7, 11) is -1.79. The van der Waals surface area contributed by atoms with E-state index in [1.165, 1.54) is 33.3 Å². The first-order chi connectivity index (χ1) is 12.2. The van der Waals surface area contributed by atoms with E-state index < -0.39 is 8.24 Å². The third-order valence-corrected chi connectivity index (χ3v) is 8.98. The van der Waals surface area contributed by atoms with Gasteiger partial charge in [0.15, 0.2) is 0 Å². The Labute approximate surface area is 158 Å². The number of nitrogens with zero attached hydrogens (tertiary/aromatic N) is 1. The highest BCUT2D eigenvalue weighted by Crippen LogP contribution is 2.52. The molecule has 1 aliphatic carbocycles. The molecule has 136 valence electrons. The molecule has 1 N–H and O–H groups in total. The minimum absolute atomic E-state index is 0.122. The Morgan fingerprint density at radius 2 is 1.65 bits per heavy atom. The van der Waals surface area contributed by atoms with Crippen molar-refractivity contribution >= 4 is 19.1 Å². The maximum Gasteiger partial charge on any atom is 0.133 e. The van der Waals surface area contributed by atoms with E-state index in [-0.39, 0.29) is 5.54 Å². The Kier molecular flexibility index (Phi) is 3.94. The van der Waals surface area contributed by atoms with Gasteiger partial charge < -0.3 is 9.55 Å². The first-order valence-corrected chi connectivity index (χ1v) is 12.8. The summed E-state index contributed by atoms with van der Waals surface area (Å²) in [4.78, 5) is 4.04. The largest absolute Gasteiger partial charge is 0.344 e. The van der Waals surface area contributed by atoms with Gasteiger partial charge in [-0.2, -0.15) is 0 Å². The summed E-state index contributed by atoms with van der Waals surface area (Å²) in [5, 5.41) is 1.40. The van der Waals surface area contributed by atoms with Crippen molar-refractivity contribution in [2.75, 3.05) is 0 Å². The molecule has 3 aromatic rings. The van der Waals surface area contributed by atoms with Crippen LogP contribution >= 0.6 is 0 Å². The van der Waals surface area contributed by atoms with Gasteiger partial charge in [0.25, 0.3) is 0 Å². The zero-order valence-electron chi connectivity index (χ0n) is 16.9. The highest BCUT2D eigenvalue weighted by Gasteiger charge is 2.45. The van der Waals surface area contributed by atoms with Gasteiger partial charge in [-0.15, -0.1) is 0 Å². The van der Waals surface area contributed by atoms with E-state index in [2.05, 4.69) is 98.9 Å². The minimum atomic E-state index is -1.79. The second-order valence-electron chi connectivity index (χ2n) is 9.14. The van der Waals surface area contributed by atoms with Crippen molar-refractivity contribution in [3.05, 3.63) is 59.8 Å². The van der Waals surface area contributed by atoms with Gasteiger partial charge in [0, 0.05) is 39.8 Å². The number of benzene rings is 2. The van der Waals surface area contributed by atoms with E-state index in [1.54, 1.807) is 0 Å².